The van der Waals surface area contributed by atoms with Gasteiger partial charge in [-0.2, -0.15) is 4.98 Å². The molecule has 0 radical (unpaired) electrons. The second-order valence-corrected chi connectivity index (χ2v) is 11.1. The highest BCUT2D eigenvalue weighted by Gasteiger charge is 2.14. The summed E-state index contributed by atoms with van der Waals surface area (Å²) in [5.41, 5.74) is 3.55. The van der Waals surface area contributed by atoms with Gasteiger partial charge in [0.15, 0.2) is 0 Å². The van der Waals surface area contributed by atoms with Gasteiger partial charge in [-0.25, -0.2) is 4.98 Å². The van der Waals surface area contributed by atoms with Gasteiger partial charge in [0.2, 0.25) is 23.5 Å². The summed E-state index contributed by atoms with van der Waals surface area (Å²) in [7, 11) is 1.54. The Hall–Kier alpha value is -5.95. The molecule has 0 aliphatic heterocycles. The van der Waals surface area contributed by atoms with Gasteiger partial charge < -0.3 is 25.8 Å². The third kappa shape index (κ3) is 9.30. The van der Waals surface area contributed by atoms with Crippen LogP contribution in [0.2, 0.25) is 5.02 Å². The Morgan fingerprint density at radius 3 is 2.02 bits per heavy atom. The Kier molecular flexibility index (Phi) is 10.8. The number of amides is 4. The quantitative estimate of drug-likeness (QED) is 0.138. The van der Waals surface area contributed by atoms with Crippen LogP contribution in [0.15, 0.2) is 83.5 Å². The van der Waals surface area contributed by atoms with Gasteiger partial charge in [-0.15, -0.1) is 0 Å². The van der Waals surface area contributed by atoms with E-state index in [1.165, 1.54) is 0 Å². The molecule has 5 aromatic rings. The zero-order valence-electron chi connectivity index (χ0n) is 26.0. The Labute approximate surface area is 280 Å². The zero-order chi connectivity index (χ0) is 34.0. The molecule has 14 heteroatoms. The third-order valence-corrected chi connectivity index (χ3v) is 7.26. The molecule has 4 amide bonds. The van der Waals surface area contributed by atoms with Gasteiger partial charge in [0, 0.05) is 83.6 Å². The molecule has 3 heterocycles. The van der Waals surface area contributed by atoms with E-state index >= 15 is 0 Å². The lowest BCUT2D eigenvalue weighted by molar-refractivity contribution is -0.120. The summed E-state index contributed by atoms with van der Waals surface area (Å²) < 4.78 is 5.02. The maximum Gasteiger partial charge on any atom is 0.255 e. The van der Waals surface area contributed by atoms with E-state index in [9.17, 15) is 19.2 Å². The number of hydrogen-bond donors (Lipinski definition) is 4. The summed E-state index contributed by atoms with van der Waals surface area (Å²) in [5, 5.41) is 15.4. The molecular formula is C34H31ClN8O5. The number of rotatable bonds is 12. The van der Waals surface area contributed by atoms with Gasteiger partial charge >= 0.3 is 0 Å². The van der Waals surface area contributed by atoms with E-state index < -0.39 is 0 Å². The Morgan fingerprint density at radius 1 is 0.729 bits per heavy atom. The lowest BCUT2D eigenvalue weighted by Gasteiger charge is -2.12. The van der Waals surface area contributed by atoms with Gasteiger partial charge in [0.05, 0.1) is 0 Å². The van der Waals surface area contributed by atoms with Gasteiger partial charge in [-0.3, -0.25) is 24.2 Å². The standard InChI is InChI=1S/C34H31ClN8O5/c1-20-38-32(43-48-20)21-3-5-22(6-4-21)34(47)41-28-18-26(12-13-30(44)36-2)39-29(19-28)42-31(45)14-11-25-17-27(15-16-37-25)40-33(46)23-7-9-24(35)10-8-23/h3-10,15-19H,11-14H2,1-2H3,(H,36,44)(H,37,40,46)(H2,39,41,42,45,47). The molecular weight excluding hydrogens is 636 g/mol. The summed E-state index contributed by atoms with van der Waals surface area (Å²) >= 11 is 5.91. The number of nitrogens with zero attached hydrogens (tertiary/aromatic N) is 4. The minimum Gasteiger partial charge on any atom is -0.359 e. The normalized spacial score (nSPS) is 10.6. The highest BCUT2D eigenvalue weighted by Crippen LogP contribution is 2.21. The van der Waals surface area contributed by atoms with Gasteiger partial charge in [-0.1, -0.05) is 28.9 Å². The molecule has 0 fully saturated rings. The van der Waals surface area contributed by atoms with Crippen LogP contribution in [-0.2, 0) is 22.4 Å². The fraction of sp³-hybridized carbons (Fsp3) is 0.176. The van der Waals surface area contributed by atoms with E-state index in [1.807, 2.05) is 0 Å². The zero-order valence-corrected chi connectivity index (χ0v) is 26.8. The van der Waals surface area contributed by atoms with Crippen LogP contribution in [0.3, 0.4) is 0 Å². The minimum absolute atomic E-state index is 0.0691. The van der Waals surface area contributed by atoms with Gasteiger partial charge in [-0.05, 0) is 67.4 Å². The average Bonchev–Trinajstić information content (AvgIpc) is 3.52. The van der Waals surface area contributed by atoms with Crippen LogP contribution in [0, 0.1) is 6.92 Å². The molecule has 5 rings (SSSR count). The first-order valence-corrected chi connectivity index (χ1v) is 15.3. The number of benzene rings is 2. The van der Waals surface area contributed by atoms with Crippen molar-refractivity contribution in [2.75, 3.05) is 23.0 Å². The second kappa shape index (κ2) is 15.6. The summed E-state index contributed by atoms with van der Waals surface area (Å²) in [6.45, 7) is 1.69. The van der Waals surface area contributed by atoms with Crippen molar-refractivity contribution in [1.82, 2.24) is 25.4 Å². The van der Waals surface area contributed by atoms with Crippen molar-refractivity contribution >= 4 is 52.4 Å². The lowest BCUT2D eigenvalue weighted by atomic mass is 10.1. The van der Waals surface area contributed by atoms with Gasteiger partial charge in [0.25, 0.3) is 11.8 Å². The molecule has 4 N–H and O–H groups in total. The van der Waals surface area contributed by atoms with Crippen molar-refractivity contribution in [2.45, 2.75) is 32.6 Å². The predicted octanol–water partition coefficient (Wildman–Crippen LogP) is 5.24. The van der Waals surface area contributed by atoms with E-state index in [-0.39, 0.29) is 55.1 Å². The number of hydrogen-bond acceptors (Lipinski definition) is 9. The molecule has 0 bridgehead atoms. The van der Waals surface area contributed by atoms with E-state index in [4.69, 9.17) is 16.1 Å². The highest BCUT2D eigenvalue weighted by atomic mass is 35.5. The summed E-state index contributed by atoms with van der Waals surface area (Å²) in [5.74, 6) is -0.144. The lowest BCUT2D eigenvalue weighted by Crippen LogP contribution is -2.19. The fourth-order valence-corrected chi connectivity index (χ4v) is 4.68. The Morgan fingerprint density at radius 2 is 1.35 bits per heavy atom. The summed E-state index contributed by atoms with van der Waals surface area (Å²) in [6.07, 6.45) is 2.36. The van der Waals surface area contributed by atoms with Crippen LogP contribution in [0.25, 0.3) is 11.4 Å². The molecule has 0 aliphatic rings. The van der Waals surface area contributed by atoms with Crippen molar-refractivity contribution in [2.24, 2.45) is 0 Å². The van der Waals surface area contributed by atoms with Gasteiger partial charge in [0.1, 0.15) is 5.82 Å². The van der Waals surface area contributed by atoms with Crippen molar-refractivity contribution in [3.8, 4) is 11.4 Å². The average molecular weight is 667 g/mol. The molecule has 0 aliphatic carbocycles. The van der Waals surface area contributed by atoms with Crippen LogP contribution in [0.1, 0.15) is 50.8 Å². The Balaban J connectivity index is 1.23. The summed E-state index contributed by atoms with van der Waals surface area (Å²) in [4.78, 5) is 63.5. The number of anilines is 3. The molecule has 0 saturated carbocycles. The first-order valence-electron chi connectivity index (χ1n) is 14.9. The fourth-order valence-electron chi connectivity index (χ4n) is 4.55. The van der Waals surface area contributed by atoms with Crippen molar-refractivity contribution < 1.29 is 23.7 Å². The maximum atomic E-state index is 13.1. The number of carbonyl (C=O) groups is 4. The van der Waals surface area contributed by atoms with Crippen LogP contribution in [0.4, 0.5) is 17.2 Å². The predicted molar refractivity (Wildman–Crippen MR) is 180 cm³/mol. The van der Waals surface area contributed by atoms with E-state index in [0.717, 1.165) is 0 Å². The molecule has 244 valence electrons. The van der Waals surface area contributed by atoms with E-state index in [1.54, 1.807) is 93.0 Å². The van der Waals surface area contributed by atoms with Crippen LogP contribution in [0.5, 0.6) is 0 Å². The van der Waals surface area contributed by atoms with E-state index in [2.05, 4.69) is 41.4 Å². The van der Waals surface area contributed by atoms with Crippen molar-refractivity contribution in [3.05, 3.63) is 112 Å². The molecule has 3 aromatic heterocycles. The topological polar surface area (TPSA) is 181 Å². The molecule has 0 unspecified atom stereocenters. The number of halogens is 1. The van der Waals surface area contributed by atoms with E-state index in [0.29, 0.717) is 56.2 Å². The highest BCUT2D eigenvalue weighted by molar-refractivity contribution is 6.30. The molecule has 0 atom stereocenters. The number of aromatic nitrogens is 4. The van der Waals surface area contributed by atoms with Crippen LogP contribution in [-0.4, -0.2) is 50.8 Å². The first kappa shape index (κ1) is 33.4. The number of carbonyl (C=O) groups excluding carboxylic acids is 4. The first-order chi connectivity index (χ1) is 23.1. The smallest absolute Gasteiger partial charge is 0.255 e. The molecule has 48 heavy (non-hydrogen) atoms. The minimum atomic E-state index is -0.388. The maximum absolute atomic E-state index is 13.1. The largest absolute Gasteiger partial charge is 0.359 e. The Bertz CT molecular complexity index is 1940. The third-order valence-electron chi connectivity index (χ3n) is 7.01. The molecule has 13 nitrogen and oxygen atoms in total. The second-order valence-electron chi connectivity index (χ2n) is 10.6. The van der Waals surface area contributed by atoms with Crippen molar-refractivity contribution in [3.63, 3.8) is 0 Å². The number of aryl methyl sites for hydroxylation is 3. The van der Waals surface area contributed by atoms with Crippen LogP contribution >= 0.6 is 11.6 Å². The monoisotopic (exact) mass is 666 g/mol. The van der Waals surface area contributed by atoms with Crippen molar-refractivity contribution in [1.29, 1.82) is 0 Å². The van der Waals surface area contributed by atoms with Crippen LogP contribution < -0.4 is 21.3 Å². The molecule has 0 spiro atoms. The number of nitrogens with one attached hydrogen (secondary N) is 4. The molecule has 0 saturated heterocycles. The molecule has 2 aromatic carbocycles. The SMILES string of the molecule is CNC(=O)CCc1cc(NC(=O)c2ccc(-c3noc(C)n3)cc2)cc(NC(=O)CCc2cc(NC(=O)c3ccc(Cl)cc3)ccn2)n1. The summed E-state index contributed by atoms with van der Waals surface area (Å²) in [6, 6.07) is 19.8. The number of pyridine rings is 2.